The molecule has 0 unspecified atom stereocenters. The summed E-state index contributed by atoms with van der Waals surface area (Å²) in [4.78, 5) is 18.1. The third-order valence-electron chi connectivity index (χ3n) is 5.26. The minimum atomic E-state index is -0.276. The first-order valence-electron chi connectivity index (χ1n) is 7.82. The molecule has 1 N–H and O–H groups in total. The zero-order chi connectivity index (χ0) is 15.2. The van der Waals surface area contributed by atoms with Crippen molar-refractivity contribution < 1.29 is 9.53 Å². The first-order valence-corrected chi connectivity index (χ1v) is 8.20. The van der Waals surface area contributed by atoms with Gasteiger partial charge in [0.1, 0.15) is 0 Å². The van der Waals surface area contributed by atoms with Gasteiger partial charge in [0.2, 0.25) is 0 Å². The van der Waals surface area contributed by atoms with Gasteiger partial charge in [0, 0.05) is 22.5 Å². The molecule has 3 aliphatic heterocycles. The second kappa shape index (κ2) is 6.34. The van der Waals surface area contributed by atoms with Gasteiger partial charge in [-0.25, -0.2) is 4.79 Å². The number of hydrogen-bond donors (Lipinski definition) is 1. The van der Waals surface area contributed by atoms with Gasteiger partial charge in [0.05, 0.1) is 17.2 Å². The Hall–Kier alpha value is -1.23. The third-order valence-corrected chi connectivity index (χ3v) is 5.57. The molecule has 1 aromatic carbocycles. The van der Waals surface area contributed by atoms with Crippen LogP contribution in [0.4, 0.5) is 0 Å². The Kier molecular flexibility index (Phi) is 4.59. The standard InChI is InChI=1S/C17H19ClN2O2.ClH/c18-13-2-1-3-14-15(13)12(10-19-14)16(21)22-11-17-4-7-20(8-5-17)9-6-17;/h1-3,10,19H,4-9,11H2;1H. The first kappa shape index (κ1) is 16.6. The number of hydrogen-bond acceptors (Lipinski definition) is 3. The topological polar surface area (TPSA) is 45.3 Å². The lowest BCUT2D eigenvalue weighted by molar-refractivity contribution is -0.0304. The third kappa shape index (κ3) is 2.95. The van der Waals surface area contributed by atoms with Crippen molar-refractivity contribution in [1.29, 1.82) is 0 Å². The van der Waals surface area contributed by atoms with Gasteiger partial charge in [-0.05, 0) is 51.0 Å². The molecule has 2 aromatic rings. The van der Waals surface area contributed by atoms with Crippen molar-refractivity contribution in [2.24, 2.45) is 5.41 Å². The van der Waals surface area contributed by atoms with Crippen LogP contribution in [0.25, 0.3) is 10.9 Å². The van der Waals surface area contributed by atoms with Crippen molar-refractivity contribution >= 4 is 40.9 Å². The van der Waals surface area contributed by atoms with Crippen molar-refractivity contribution in [2.45, 2.75) is 19.3 Å². The molecule has 2 bridgehead atoms. The number of benzene rings is 1. The molecule has 3 aliphatic rings. The molecule has 4 heterocycles. The highest BCUT2D eigenvalue weighted by Crippen LogP contribution is 2.40. The summed E-state index contributed by atoms with van der Waals surface area (Å²) in [5.74, 6) is -0.276. The van der Waals surface area contributed by atoms with E-state index < -0.39 is 0 Å². The Bertz CT molecular complexity index is 707. The SMILES string of the molecule is Cl.O=C(OCC12CCN(CC1)CC2)c1c[nH]c2cccc(Cl)c12. The number of esters is 1. The van der Waals surface area contributed by atoms with Crippen molar-refractivity contribution in [3.63, 3.8) is 0 Å². The highest BCUT2D eigenvalue weighted by molar-refractivity contribution is 6.36. The van der Waals surface area contributed by atoms with Crippen molar-refractivity contribution in [3.05, 3.63) is 35.0 Å². The minimum Gasteiger partial charge on any atom is -0.461 e. The molecule has 3 saturated heterocycles. The molecular formula is C17H20Cl2N2O2. The van der Waals surface area contributed by atoms with Crippen LogP contribution in [-0.4, -0.2) is 42.1 Å². The van der Waals surface area contributed by atoms with E-state index in [0.29, 0.717) is 17.2 Å². The number of aromatic nitrogens is 1. The minimum absolute atomic E-state index is 0. The number of carbonyl (C=O) groups is 1. The van der Waals surface area contributed by atoms with Crippen molar-refractivity contribution in [1.82, 2.24) is 9.88 Å². The Morgan fingerprint density at radius 3 is 2.65 bits per heavy atom. The van der Waals surface area contributed by atoms with Crippen LogP contribution in [0.2, 0.25) is 5.02 Å². The van der Waals surface area contributed by atoms with Gasteiger partial charge in [0.25, 0.3) is 0 Å². The van der Waals surface area contributed by atoms with Crippen LogP contribution < -0.4 is 0 Å². The second-order valence-electron chi connectivity index (χ2n) is 6.53. The summed E-state index contributed by atoms with van der Waals surface area (Å²) in [6, 6.07) is 5.57. The number of nitrogens with one attached hydrogen (secondary N) is 1. The molecule has 0 amide bonds. The number of nitrogens with zero attached hydrogens (tertiary/aromatic N) is 1. The summed E-state index contributed by atoms with van der Waals surface area (Å²) < 4.78 is 5.67. The van der Waals surface area contributed by atoms with Crippen molar-refractivity contribution in [2.75, 3.05) is 26.2 Å². The van der Waals surface area contributed by atoms with Gasteiger partial charge in [-0.15, -0.1) is 12.4 Å². The molecule has 0 radical (unpaired) electrons. The van der Waals surface area contributed by atoms with Crippen LogP contribution >= 0.6 is 24.0 Å². The summed E-state index contributed by atoms with van der Waals surface area (Å²) in [7, 11) is 0. The first-order chi connectivity index (χ1) is 10.7. The number of H-pyrrole nitrogens is 1. The van der Waals surface area contributed by atoms with Gasteiger partial charge < -0.3 is 14.6 Å². The zero-order valence-electron chi connectivity index (χ0n) is 12.8. The van der Waals surface area contributed by atoms with Crippen LogP contribution in [0.15, 0.2) is 24.4 Å². The summed E-state index contributed by atoms with van der Waals surface area (Å²) >= 11 is 6.22. The van der Waals surface area contributed by atoms with E-state index in [1.807, 2.05) is 12.1 Å². The van der Waals surface area contributed by atoms with Crippen LogP contribution in [0.5, 0.6) is 0 Å². The van der Waals surface area contributed by atoms with Gasteiger partial charge in [-0.3, -0.25) is 0 Å². The molecule has 4 nitrogen and oxygen atoms in total. The van der Waals surface area contributed by atoms with Crippen LogP contribution in [0.1, 0.15) is 29.6 Å². The number of carbonyl (C=O) groups excluding carboxylic acids is 1. The summed E-state index contributed by atoms with van der Waals surface area (Å²) in [6.07, 6.45) is 5.10. The maximum Gasteiger partial charge on any atom is 0.340 e. The molecule has 0 spiro atoms. The largest absolute Gasteiger partial charge is 0.461 e. The Morgan fingerprint density at radius 2 is 1.96 bits per heavy atom. The molecule has 124 valence electrons. The van der Waals surface area contributed by atoms with E-state index in [9.17, 15) is 4.79 Å². The predicted octanol–water partition coefficient (Wildman–Crippen LogP) is 3.89. The van der Waals surface area contributed by atoms with E-state index in [-0.39, 0.29) is 23.8 Å². The van der Waals surface area contributed by atoms with Gasteiger partial charge >= 0.3 is 5.97 Å². The van der Waals surface area contributed by atoms with E-state index in [4.69, 9.17) is 16.3 Å². The Balaban J connectivity index is 0.00000156. The average molecular weight is 355 g/mol. The Labute approximate surface area is 146 Å². The van der Waals surface area contributed by atoms with E-state index in [1.165, 1.54) is 0 Å². The van der Waals surface area contributed by atoms with Crippen LogP contribution in [0.3, 0.4) is 0 Å². The van der Waals surface area contributed by atoms with Crippen molar-refractivity contribution in [3.8, 4) is 0 Å². The fraction of sp³-hybridized carbons (Fsp3) is 0.471. The quantitative estimate of drug-likeness (QED) is 0.850. The van der Waals surface area contributed by atoms with Crippen LogP contribution in [-0.2, 0) is 4.74 Å². The van der Waals surface area contributed by atoms with E-state index >= 15 is 0 Å². The zero-order valence-corrected chi connectivity index (χ0v) is 14.4. The number of rotatable bonds is 3. The molecule has 1 aromatic heterocycles. The highest BCUT2D eigenvalue weighted by atomic mass is 35.5. The lowest BCUT2D eigenvalue weighted by Gasteiger charge is -2.47. The molecular weight excluding hydrogens is 335 g/mol. The molecule has 23 heavy (non-hydrogen) atoms. The maximum atomic E-state index is 12.5. The monoisotopic (exact) mass is 354 g/mol. The number of fused-ring (bicyclic) bond motifs is 4. The molecule has 0 saturated carbocycles. The van der Waals surface area contributed by atoms with E-state index in [1.54, 1.807) is 12.3 Å². The number of aromatic amines is 1. The highest BCUT2D eigenvalue weighted by Gasteiger charge is 2.40. The summed E-state index contributed by atoms with van der Waals surface area (Å²) in [5, 5.41) is 1.33. The lowest BCUT2D eigenvalue weighted by atomic mass is 9.73. The average Bonchev–Trinajstić information content (AvgIpc) is 3.00. The summed E-state index contributed by atoms with van der Waals surface area (Å²) in [5.41, 5.74) is 1.59. The maximum absolute atomic E-state index is 12.5. The van der Waals surface area contributed by atoms with E-state index in [0.717, 1.165) is 49.8 Å². The normalized spacial score (nSPS) is 26.0. The van der Waals surface area contributed by atoms with Gasteiger partial charge in [-0.1, -0.05) is 17.7 Å². The van der Waals surface area contributed by atoms with Crippen LogP contribution in [0, 0.1) is 5.41 Å². The molecule has 0 atom stereocenters. The number of halogens is 2. The van der Waals surface area contributed by atoms with Gasteiger partial charge in [0.15, 0.2) is 0 Å². The van der Waals surface area contributed by atoms with E-state index in [2.05, 4.69) is 9.88 Å². The lowest BCUT2D eigenvalue weighted by Crippen LogP contribution is -2.50. The molecule has 0 aliphatic carbocycles. The predicted molar refractivity (Wildman–Crippen MR) is 93.6 cm³/mol. The summed E-state index contributed by atoms with van der Waals surface area (Å²) in [6.45, 7) is 3.93. The van der Waals surface area contributed by atoms with Gasteiger partial charge in [-0.2, -0.15) is 0 Å². The smallest absolute Gasteiger partial charge is 0.340 e. The fourth-order valence-corrected chi connectivity index (χ4v) is 3.99. The number of piperidine rings is 3. The molecule has 5 rings (SSSR count). The Morgan fingerprint density at radius 1 is 1.26 bits per heavy atom. The fourth-order valence-electron chi connectivity index (χ4n) is 3.71. The number of ether oxygens (including phenoxy) is 1. The second-order valence-corrected chi connectivity index (χ2v) is 6.94. The molecule has 6 heteroatoms. The molecule has 3 fully saturated rings.